The van der Waals surface area contributed by atoms with Crippen LogP contribution in [-0.4, -0.2) is 31.3 Å². The molecule has 0 bridgehead atoms. The second-order valence-corrected chi connectivity index (χ2v) is 8.21. The Balaban J connectivity index is 2.67. The highest BCUT2D eigenvalue weighted by Crippen LogP contribution is 2.21. The lowest BCUT2D eigenvalue weighted by molar-refractivity contribution is -0.109. The summed E-state index contributed by atoms with van der Waals surface area (Å²) in [6.07, 6.45) is 6.73. The van der Waals surface area contributed by atoms with E-state index in [-0.39, 0.29) is 10.8 Å². The van der Waals surface area contributed by atoms with Crippen LogP contribution < -0.4 is 10.6 Å². The summed E-state index contributed by atoms with van der Waals surface area (Å²) in [5, 5.41) is 7.31. The van der Waals surface area contributed by atoms with Crippen LogP contribution in [0.1, 0.15) is 25.8 Å². The van der Waals surface area contributed by atoms with Crippen molar-refractivity contribution in [1.29, 1.82) is 0 Å². The van der Waals surface area contributed by atoms with E-state index in [1.54, 1.807) is 12.2 Å². The first-order chi connectivity index (χ1) is 12.8. The summed E-state index contributed by atoms with van der Waals surface area (Å²) in [5.74, 6) is 0. The SMILES string of the molecule is C=C/C(Cl)=C\C=C(\CNCC(C)(CC=O)CNc1ccc(C)cc1)C(C)Cl. The first kappa shape index (κ1) is 23.5. The topological polar surface area (TPSA) is 41.1 Å². The fourth-order valence-corrected chi connectivity index (χ4v) is 2.70. The Morgan fingerprint density at radius 1 is 1.26 bits per heavy atom. The summed E-state index contributed by atoms with van der Waals surface area (Å²) in [6.45, 7) is 11.7. The van der Waals surface area contributed by atoms with Crippen LogP contribution in [0.2, 0.25) is 0 Å². The Labute approximate surface area is 173 Å². The van der Waals surface area contributed by atoms with Crippen molar-refractivity contribution in [3.05, 3.63) is 65.2 Å². The molecular weight excluding hydrogens is 379 g/mol. The van der Waals surface area contributed by atoms with Gasteiger partial charge >= 0.3 is 0 Å². The van der Waals surface area contributed by atoms with Gasteiger partial charge in [0.15, 0.2) is 0 Å². The van der Waals surface area contributed by atoms with Gasteiger partial charge in [0.25, 0.3) is 0 Å². The fraction of sp³-hybridized carbons (Fsp3) is 0.409. The molecule has 0 aliphatic rings. The molecule has 0 fully saturated rings. The number of aldehydes is 1. The molecule has 0 aliphatic heterocycles. The number of rotatable bonds is 12. The van der Waals surface area contributed by atoms with Gasteiger partial charge in [0.2, 0.25) is 0 Å². The molecule has 2 atom stereocenters. The maximum Gasteiger partial charge on any atom is 0.120 e. The van der Waals surface area contributed by atoms with Crippen molar-refractivity contribution in [3.8, 4) is 0 Å². The van der Waals surface area contributed by atoms with E-state index in [1.807, 2.05) is 13.0 Å². The van der Waals surface area contributed by atoms with Crippen LogP contribution >= 0.6 is 23.2 Å². The number of halogens is 2. The number of hydrogen-bond acceptors (Lipinski definition) is 3. The summed E-state index contributed by atoms with van der Waals surface area (Å²) in [4.78, 5) is 11.2. The van der Waals surface area contributed by atoms with E-state index in [4.69, 9.17) is 23.2 Å². The van der Waals surface area contributed by atoms with E-state index < -0.39 is 0 Å². The molecular formula is C22H30Cl2N2O. The molecule has 0 saturated heterocycles. The zero-order chi connectivity index (χ0) is 20.3. The van der Waals surface area contributed by atoms with Crippen molar-refractivity contribution in [2.75, 3.05) is 25.0 Å². The van der Waals surface area contributed by atoms with Gasteiger partial charge in [-0.1, -0.05) is 55.0 Å². The van der Waals surface area contributed by atoms with Gasteiger partial charge in [-0.15, -0.1) is 11.6 Å². The van der Waals surface area contributed by atoms with E-state index in [1.165, 1.54) is 5.56 Å². The zero-order valence-corrected chi connectivity index (χ0v) is 17.9. The Kier molecular flexibility index (Phi) is 10.5. The van der Waals surface area contributed by atoms with Gasteiger partial charge in [0.1, 0.15) is 6.29 Å². The van der Waals surface area contributed by atoms with E-state index >= 15 is 0 Å². The van der Waals surface area contributed by atoms with Crippen LogP contribution in [0.3, 0.4) is 0 Å². The smallest absolute Gasteiger partial charge is 0.120 e. The third-order valence-corrected chi connectivity index (χ3v) is 4.95. The minimum Gasteiger partial charge on any atom is -0.384 e. The normalized spacial score (nSPS) is 15.7. The maximum absolute atomic E-state index is 11.2. The van der Waals surface area contributed by atoms with Crippen LogP contribution in [-0.2, 0) is 4.79 Å². The molecule has 0 amide bonds. The van der Waals surface area contributed by atoms with Crippen molar-refractivity contribution in [2.24, 2.45) is 5.41 Å². The van der Waals surface area contributed by atoms with Gasteiger partial charge in [0, 0.05) is 42.2 Å². The molecule has 0 aliphatic carbocycles. The van der Waals surface area contributed by atoms with Gasteiger partial charge in [-0.25, -0.2) is 0 Å². The lowest BCUT2D eigenvalue weighted by Crippen LogP contribution is -2.39. The van der Waals surface area contributed by atoms with Crippen molar-refractivity contribution >= 4 is 35.2 Å². The number of benzene rings is 1. The monoisotopic (exact) mass is 408 g/mol. The highest BCUT2D eigenvalue weighted by molar-refractivity contribution is 6.31. The lowest BCUT2D eigenvalue weighted by Gasteiger charge is -2.29. The molecule has 5 heteroatoms. The molecule has 0 heterocycles. The summed E-state index contributed by atoms with van der Waals surface area (Å²) in [5.41, 5.74) is 3.09. The van der Waals surface area contributed by atoms with Gasteiger partial charge in [-0.2, -0.15) is 0 Å². The highest BCUT2D eigenvalue weighted by Gasteiger charge is 2.23. The predicted molar refractivity (Wildman–Crippen MR) is 119 cm³/mol. The summed E-state index contributed by atoms with van der Waals surface area (Å²) >= 11 is 12.2. The number of nitrogens with one attached hydrogen (secondary N) is 2. The minimum absolute atomic E-state index is 0.119. The average Bonchev–Trinajstić information content (AvgIpc) is 2.63. The quantitative estimate of drug-likeness (QED) is 0.274. The number of alkyl halides is 1. The predicted octanol–water partition coefficient (Wildman–Crippen LogP) is 5.45. The van der Waals surface area contributed by atoms with E-state index in [0.29, 0.717) is 31.1 Å². The second-order valence-electron chi connectivity index (χ2n) is 7.12. The first-order valence-electron chi connectivity index (χ1n) is 9.07. The number of hydrogen-bond donors (Lipinski definition) is 2. The van der Waals surface area contributed by atoms with Gasteiger partial charge in [-0.3, -0.25) is 0 Å². The molecule has 2 unspecified atom stereocenters. The van der Waals surface area contributed by atoms with E-state index in [2.05, 4.69) is 55.3 Å². The molecule has 2 N–H and O–H groups in total. The Bertz CT molecular complexity index is 665. The third kappa shape index (κ3) is 9.28. The largest absolute Gasteiger partial charge is 0.384 e. The van der Waals surface area contributed by atoms with Crippen LogP contribution in [0.5, 0.6) is 0 Å². The first-order valence-corrected chi connectivity index (χ1v) is 9.89. The van der Waals surface area contributed by atoms with Crippen molar-refractivity contribution < 1.29 is 4.79 Å². The van der Waals surface area contributed by atoms with E-state index in [0.717, 1.165) is 17.5 Å². The molecule has 0 aromatic heterocycles. The Morgan fingerprint density at radius 2 is 1.93 bits per heavy atom. The minimum atomic E-state index is -0.206. The molecule has 3 nitrogen and oxygen atoms in total. The summed E-state index contributed by atoms with van der Waals surface area (Å²) in [7, 11) is 0. The van der Waals surface area contributed by atoms with Crippen LogP contribution in [0.25, 0.3) is 0 Å². The second kappa shape index (κ2) is 12.0. The maximum atomic E-state index is 11.2. The lowest BCUT2D eigenvalue weighted by atomic mass is 9.87. The zero-order valence-electron chi connectivity index (χ0n) is 16.4. The number of carbonyl (C=O) groups excluding carboxylic acids is 1. The number of anilines is 1. The van der Waals surface area contributed by atoms with Crippen molar-refractivity contribution in [3.63, 3.8) is 0 Å². The fourth-order valence-electron chi connectivity index (χ4n) is 2.49. The van der Waals surface area contributed by atoms with Crippen molar-refractivity contribution in [1.82, 2.24) is 5.32 Å². The molecule has 148 valence electrons. The Morgan fingerprint density at radius 3 is 2.48 bits per heavy atom. The number of carbonyl (C=O) groups is 1. The molecule has 0 saturated carbocycles. The number of aryl methyl sites for hydroxylation is 1. The van der Waals surface area contributed by atoms with Crippen molar-refractivity contribution in [2.45, 2.75) is 32.6 Å². The molecule has 0 radical (unpaired) electrons. The third-order valence-electron chi connectivity index (χ3n) is 4.39. The molecule has 0 spiro atoms. The highest BCUT2D eigenvalue weighted by atomic mass is 35.5. The molecule has 1 rings (SSSR count). The van der Waals surface area contributed by atoms with Crippen LogP contribution in [0.4, 0.5) is 5.69 Å². The average molecular weight is 409 g/mol. The summed E-state index contributed by atoms with van der Waals surface area (Å²) in [6, 6.07) is 8.24. The van der Waals surface area contributed by atoms with Crippen LogP contribution in [0.15, 0.2) is 59.7 Å². The van der Waals surface area contributed by atoms with Gasteiger partial charge in [0.05, 0.1) is 5.38 Å². The summed E-state index contributed by atoms with van der Waals surface area (Å²) < 4.78 is 0. The molecule has 1 aromatic rings. The van der Waals surface area contributed by atoms with Gasteiger partial charge in [-0.05, 0) is 37.6 Å². The standard InChI is InChI=1S/C22H30Cl2N2O/c1-5-20(24)9-8-19(18(3)23)14-25-15-22(4,12-13-27)16-26-21-10-6-17(2)7-11-21/h5-11,13,18,25-26H,1,12,14-16H2,2-4H3/b19-8-,20-9+. The van der Waals surface area contributed by atoms with E-state index in [9.17, 15) is 4.79 Å². The van der Waals surface area contributed by atoms with Gasteiger partial charge < -0.3 is 15.4 Å². The number of allylic oxidation sites excluding steroid dienone is 4. The molecule has 1 aromatic carbocycles. The van der Waals surface area contributed by atoms with Crippen LogP contribution in [0, 0.1) is 12.3 Å². The Hall–Kier alpha value is -1.55. The molecule has 27 heavy (non-hydrogen) atoms.